The fraction of sp³-hybridized carbons (Fsp3) is 0.588. The van der Waals surface area contributed by atoms with E-state index >= 15 is 0 Å². The van der Waals surface area contributed by atoms with E-state index < -0.39 is 0 Å². The Morgan fingerprint density at radius 2 is 2.14 bits per heavy atom. The number of hydrogen-bond donors (Lipinski definition) is 0. The molecule has 1 aromatic carbocycles. The number of carbonyl (C=O) groups is 1. The third-order valence-electron chi connectivity index (χ3n) is 4.12. The van der Waals surface area contributed by atoms with Gasteiger partial charge in [-0.05, 0) is 44.7 Å². The van der Waals surface area contributed by atoms with Gasteiger partial charge in [0.2, 0.25) is 0 Å². The number of benzene rings is 1. The van der Waals surface area contributed by atoms with E-state index in [4.69, 9.17) is 21.1 Å². The molecular weight excluding hydrogens is 302 g/mol. The molecule has 1 aliphatic rings. The van der Waals surface area contributed by atoms with Crippen LogP contribution in [0.1, 0.15) is 49.9 Å². The Morgan fingerprint density at radius 1 is 1.36 bits per heavy atom. The SMILES string of the molecule is CCOc1c(Cl)cc(C(=O)N2CCCCC2CC)cc1OC. The fourth-order valence-electron chi connectivity index (χ4n) is 2.99. The summed E-state index contributed by atoms with van der Waals surface area (Å²) in [6.07, 6.45) is 4.30. The molecular formula is C17H24ClNO3. The lowest BCUT2D eigenvalue weighted by Gasteiger charge is -2.35. The average Bonchev–Trinajstić information content (AvgIpc) is 2.55. The van der Waals surface area contributed by atoms with Gasteiger partial charge in [-0.2, -0.15) is 0 Å². The zero-order valence-corrected chi connectivity index (χ0v) is 14.3. The van der Waals surface area contributed by atoms with Crippen LogP contribution in [0.4, 0.5) is 0 Å². The molecule has 1 unspecified atom stereocenters. The van der Waals surface area contributed by atoms with Crippen molar-refractivity contribution in [1.29, 1.82) is 0 Å². The molecule has 0 bridgehead atoms. The quantitative estimate of drug-likeness (QED) is 0.816. The maximum atomic E-state index is 12.8. The molecule has 0 radical (unpaired) electrons. The van der Waals surface area contributed by atoms with Crippen LogP contribution in [0.3, 0.4) is 0 Å². The minimum absolute atomic E-state index is 0.0230. The van der Waals surface area contributed by atoms with Gasteiger partial charge in [-0.1, -0.05) is 18.5 Å². The Labute approximate surface area is 137 Å². The van der Waals surface area contributed by atoms with Gasteiger partial charge in [0.1, 0.15) is 0 Å². The molecule has 5 heteroatoms. The number of carbonyl (C=O) groups excluding carboxylic acids is 1. The summed E-state index contributed by atoms with van der Waals surface area (Å²) in [6.45, 7) is 5.31. The standard InChI is InChI=1S/C17H24ClNO3/c1-4-13-8-6-7-9-19(13)17(20)12-10-14(18)16(22-5-2)15(11-12)21-3/h10-11,13H,4-9H2,1-3H3. The summed E-state index contributed by atoms with van der Waals surface area (Å²) in [5.74, 6) is 1.02. The second-order valence-corrected chi connectivity index (χ2v) is 5.89. The summed E-state index contributed by atoms with van der Waals surface area (Å²) in [7, 11) is 1.55. The van der Waals surface area contributed by atoms with Crippen molar-refractivity contribution in [3.63, 3.8) is 0 Å². The van der Waals surface area contributed by atoms with E-state index in [0.29, 0.717) is 34.7 Å². The Hall–Kier alpha value is -1.42. The molecule has 4 nitrogen and oxygen atoms in total. The lowest BCUT2D eigenvalue weighted by molar-refractivity contribution is 0.0607. The summed E-state index contributed by atoms with van der Waals surface area (Å²) in [4.78, 5) is 14.8. The van der Waals surface area contributed by atoms with Gasteiger partial charge in [-0.3, -0.25) is 4.79 Å². The second-order valence-electron chi connectivity index (χ2n) is 5.48. The van der Waals surface area contributed by atoms with Crippen molar-refractivity contribution < 1.29 is 14.3 Å². The zero-order chi connectivity index (χ0) is 16.1. The molecule has 0 saturated carbocycles. The van der Waals surface area contributed by atoms with Gasteiger partial charge in [-0.25, -0.2) is 0 Å². The van der Waals surface area contributed by atoms with E-state index in [1.807, 2.05) is 11.8 Å². The Morgan fingerprint density at radius 3 is 2.77 bits per heavy atom. The minimum Gasteiger partial charge on any atom is -0.493 e. The Kier molecular flexibility index (Phi) is 5.95. The van der Waals surface area contributed by atoms with Crippen molar-refractivity contribution in [2.75, 3.05) is 20.3 Å². The molecule has 122 valence electrons. The molecule has 2 rings (SSSR count). The van der Waals surface area contributed by atoms with E-state index in [9.17, 15) is 4.79 Å². The molecule has 1 aliphatic heterocycles. The van der Waals surface area contributed by atoms with Crippen molar-refractivity contribution in [3.8, 4) is 11.5 Å². The van der Waals surface area contributed by atoms with Crippen LogP contribution in [-0.4, -0.2) is 37.1 Å². The highest BCUT2D eigenvalue weighted by molar-refractivity contribution is 6.32. The number of hydrogen-bond acceptors (Lipinski definition) is 3. The normalized spacial score (nSPS) is 18.2. The largest absolute Gasteiger partial charge is 0.493 e. The average molecular weight is 326 g/mol. The summed E-state index contributed by atoms with van der Waals surface area (Å²) in [5, 5.41) is 0.412. The van der Waals surface area contributed by atoms with Crippen molar-refractivity contribution in [1.82, 2.24) is 4.90 Å². The van der Waals surface area contributed by atoms with Crippen LogP contribution in [0.15, 0.2) is 12.1 Å². The minimum atomic E-state index is 0.0230. The highest BCUT2D eigenvalue weighted by Crippen LogP contribution is 2.37. The van der Waals surface area contributed by atoms with Crippen LogP contribution in [0.2, 0.25) is 5.02 Å². The van der Waals surface area contributed by atoms with Gasteiger partial charge in [0.05, 0.1) is 18.7 Å². The number of halogens is 1. The first-order chi connectivity index (χ1) is 10.6. The summed E-state index contributed by atoms with van der Waals surface area (Å²) in [5.41, 5.74) is 0.561. The monoisotopic (exact) mass is 325 g/mol. The predicted octanol–water partition coefficient (Wildman–Crippen LogP) is 4.15. The number of ether oxygens (including phenoxy) is 2. The van der Waals surface area contributed by atoms with E-state index in [0.717, 1.165) is 25.8 Å². The summed E-state index contributed by atoms with van der Waals surface area (Å²) < 4.78 is 10.8. The Balaban J connectivity index is 2.31. The zero-order valence-electron chi connectivity index (χ0n) is 13.5. The van der Waals surface area contributed by atoms with Crippen molar-refractivity contribution in [3.05, 3.63) is 22.7 Å². The molecule has 1 atom stereocenters. The van der Waals surface area contributed by atoms with Crippen molar-refractivity contribution in [2.45, 2.75) is 45.6 Å². The Bertz CT molecular complexity index is 533. The topological polar surface area (TPSA) is 38.8 Å². The number of methoxy groups -OCH3 is 1. The lowest BCUT2D eigenvalue weighted by atomic mass is 9.99. The molecule has 0 aliphatic carbocycles. The first-order valence-corrected chi connectivity index (χ1v) is 8.31. The van der Waals surface area contributed by atoms with E-state index in [-0.39, 0.29) is 5.91 Å². The van der Waals surface area contributed by atoms with E-state index in [1.54, 1.807) is 19.2 Å². The fourth-order valence-corrected chi connectivity index (χ4v) is 3.25. The highest BCUT2D eigenvalue weighted by Gasteiger charge is 2.27. The second kappa shape index (κ2) is 7.73. The summed E-state index contributed by atoms with van der Waals surface area (Å²) >= 11 is 6.27. The highest BCUT2D eigenvalue weighted by atomic mass is 35.5. The molecule has 0 spiro atoms. The van der Waals surface area contributed by atoms with Crippen LogP contribution in [0.5, 0.6) is 11.5 Å². The van der Waals surface area contributed by atoms with Crippen molar-refractivity contribution in [2.24, 2.45) is 0 Å². The number of amides is 1. The number of piperidine rings is 1. The van der Waals surface area contributed by atoms with Crippen LogP contribution in [-0.2, 0) is 0 Å². The molecule has 22 heavy (non-hydrogen) atoms. The van der Waals surface area contributed by atoms with Crippen LogP contribution >= 0.6 is 11.6 Å². The molecule has 1 amide bonds. The number of rotatable bonds is 5. The van der Waals surface area contributed by atoms with Crippen LogP contribution < -0.4 is 9.47 Å². The molecule has 0 aromatic heterocycles. The first kappa shape index (κ1) is 16.9. The third kappa shape index (κ3) is 3.49. The van der Waals surface area contributed by atoms with Gasteiger partial charge in [0.15, 0.2) is 11.5 Å². The van der Waals surface area contributed by atoms with Crippen LogP contribution in [0.25, 0.3) is 0 Å². The van der Waals surface area contributed by atoms with E-state index in [1.165, 1.54) is 6.42 Å². The van der Waals surface area contributed by atoms with E-state index in [2.05, 4.69) is 6.92 Å². The van der Waals surface area contributed by atoms with Crippen LogP contribution in [0, 0.1) is 0 Å². The maximum Gasteiger partial charge on any atom is 0.254 e. The van der Waals surface area contributed by atoms with Gasteiger partial charge >= 0.3 is 0 Å². The van der Waals surface area contributed by atoms with Gasteiger partial charge < -0.3 is 14.4 Å². The van der Waals surface area contributed by atoms with Gasteiger partial charge in [0.25, 0.3) is 5.91 Å². The molecule has 1 aromatic rings. The molecule has 1 heterocycles. The summed E-state index contributed by atoms with van der Waals surface area (Å²) in [6, 6.07) is 3.72. The maximum absolute atomic E-state index is 12.8. The molecule has 1 saturated heterocycles. The third-order valence-corrected chi connectivity index (χ3v) is 4.41. The van der Waals surface area contributed by atoms with Gasteiger partial charge in [0, 0.05) is 18.2 Å². The first-order valence-electron chi connectivity index (χ1n) is 7.93. The molecule has 0 N–H and O–H groups in total. The predicted molar refractivity (Wildman–Crippen MR) is 88.1 cm³/mol. The lowest BCUT2D eigenvalue weighted by Crippen LogP contribution is -2.43. The number of likely N-dealkylation sites (tertiary alicyclic amines) is 1. The smallest absolute Gasteiger partial charge is 0.254 e. The van der Waals surface area contributed by atoms with Crippen molar-refractivity contribution >= 4 is 17.5 Å². The molecule has 1 fully saturated rings. The number of nitrogens with zero attached hydrogens (tertiary/aromatic N) is 1. The van der Waals surface area contributed by atoms with Gasteiger partial charge in [-0.15, -0.1) is 0 Å².